The third-order valence-electron chi connectivity index (χ3n) is 5.12. The molecule has 2 aromatic carbocycles. The molecule has 10 nitrogen and oxygen atoms in total. The number of hydrogen-bond donors (Lipinski definition) is 1. The van der Waals surface area contributed by atoms with E-state index in [4.69, 9.17) is 9.88 Å². The Morgan fingerprint density at radius 1 is 1.12 bits per heavy atom. The van der Waals surface area contributed by atoms with E-state index in [0.717, 1.165) is 16.2 Å². The van der Waals surface area contributed by atoms with Gasteiger partial charge < -0.3 is 9.30 Å². The van der Waals surface area contributed by atoms with Gasteiger partial charge >= 0.3 is 0 Å². The standard InChI is InChI=1S/C21H20N4O6S2/c1-31-11-10-24-16-7-6-15(33(22,29)30)12-17(16)32-21(24)23-20(28)13-2-4-14(5-3-13)25-18(26)8-9-19(25)27/h2-7,12H,8-11H2,1H3,(H2,22,29,30). The first kappa shape index (κ1) is 23.0. The Balaban J connectivity index is 1.71. The summed E-state index contributed by atoms with van der Waals surface area (Å²) in [6.45, 7) is 0.756. The fourth-order valence-electron chi connectivity index (χ4n) is 3.48. The van der Waals surface area contributed by atoms with Gasteiger partial charge in [0.25, 0.3) is 5.91 Å². The summed E-state index contributed by atoms with van der Waals surface area (Å²) in [6, 6.07) is 10.5. The van der Waals surface area contributed by atoms with Crippen molar-refractivity contribution >= 4 is 55.0 Å². The van der Waals surface area contributed by atoms with E-state index in [2.05, 4.69) is 4.99 Å². The molecule has 0 spiro atoms. The number of primary sulfonamides is 1. The first-order chi connectivity index (χ1) is 15.7. The van der Waals surface area contributed by atoms with E-state index in [1.807, 2.05) is 0 Å². The van der Waals surface area contributed by atoms with Crippen LogP contribution in [0, 0.1) is 0 Å². The lowest BCUT2D eigenvalue weighted by Gasteiger charge is -2.13. The highest BCUT2D eigenvalue weighted by atomic mass is 32.2. The average molecular weight is 489 g/mol. The van der Waals surface area contributed by atoms with E-state index in [1.165, 1.54) is 36.4 Å². The van der Waals surface area contributed by atoms with E-state index < -0.39 is 15.9 Å². The molecule has 0 radical (unpaired) electrons. The Morgan fingerprint density at radius 2 is 1.79 bits per heavy atom. The lowest BCUT2D eigenvalue weighted by Crippen LogP contribution is -2.28. The number of carbonyl (C=O) groups excluding carboxylic acids is 3. The van der Waals surface area contributed by atoms with Gasteiger partial charge in [0.1, 0.15) is 0 Å². The van der Waals surface area contributed by atoms with E-state index in [-0.39, 0.29) is 35.1 Å². The molecule has 3 aromatic rings. The summed E-state index contributed by atoms with van der Waals surface area (Å²) >= 11 is 1.15. The maximum atomic E-state index is 12.8. The van der Waals surface area contributed by atoms with Crippen LogP contribution in [0.2, 0.25) is 0 Å². The molecular weight excluding hydrogens is 468 g/mol. The molecule has 3 amide bonds. The number of imide groups is 1. The topological polar surface area (TPSA) is 141 Å². The van der Waals surface area contributed by atoms with Crippen molar-refractivity contribution in [1.29, 1.82) is 0 Å². The molecule has 2 N–H and O–H groups in total. The van der Waals surface area contributed by atoms with Crippen LogP contribution in [-0.4, -0.2) is 44.4 Å². The summed E-state index contributed by atoms with van der Waals surface area (Å²) in [4.78, 5) is 42.3. The van der Waals surface area contributed by atoms with Gasteiger partial charge in [-0.1, -0.05) is 11.3 Å². The molecule has 1 aliphatic heterocycles. The average Bonchev–Trinajstić information content (AvgIpc) is 3.29. The number of aromatic nitrogens is 1. The first-order valence-electron chi connectivity index (χ1n) is 9.89. The number of rotatable bonds is 6. The van der Waals surface area contributed by atoms with Crippen molar-refractivity contribution in [3.8, 4) is 0 Å². The Hall–Kier alpha value is -3.19. The third-order valence-corrected chi connectivity index (χ3v) is 7.08. The monoisotopic (exact) mass is 488 g/mol. The van der Waals surface area contributed by atoms with Crippen molar-refractivity contribution in [2.24, 2.45) is 10.1 Å². The number of hydrogen-bond acceptors (Lipinski definition) is 7. The van der Waals surface area contributed by atoms with E-state index >= 15 is 0 Å². The van der Waals surface area contributed by atoms with Crippen LogP contribution in [0.4, 0.5) is 5.69 Å². The molecule has 12 heteroatoms. The van der Waals surface area contributed by atoms with Crippen molar-refractivity contribution in [3.05, 3.63) is 52.8 Å². The molecule has 33 heavy (non-hydrogen) atoms. The van der Waals surface area contributed by atoms with Gasteiger partial charge in [0.15, 0.2) is 4.80 Å². The molecule has 0 aliphatic carbocycles. The molecule has 1 saturated heterocycles. The zero-order chi connectivity index (χ0) is 23.8. The summed E-state index contributed by atoms with van der Waals surface area (Å²) in [7, 11) is -2.33. The highest BCUT2D eigenvalue weighted by molar-refractivity contribution is 7.89. The summed E-state index contributed by atoms with van der Waals surface area (Å²) in [5.41, 5.74) is 1.38. The van der Waals surface area contributed by atoms with Crippen LogP contribution in [0.25, 0.3) is 10.2 Å². The lowest BCUT2D eigenvalue weighted by atomic mass is 10.2. The van der Waals surface area contributed by atoms with Crippen molar-refractivity contribution in [2.45, 2.75) is 24.3 Å². The zero-order valence-corrected chi connectivity index (χ0v) is 19.2. The first-order valence-corrected chi connectivity index (χ1v) is 12.3. The summed E-state index contributed by atoms with van der Waals surface area (Å²) in [5, 5.41) is 5.23. The third kappa shape index (κ3) is 4.64. The number of methoxy groups -OCH3 is 1. The van der Waals surface area contributed by atoms with Crippen LogP contribution in [0.1, 0.15) is 23.2 Å². The van der Waals surface area contributed by atoms with E-state index in [0.29, 0.717) is 33.9 Å². The fourth-order valence-corrected chi connectivity index (χ4v) is 5.19. The lowest BCUT2D eigenvalue weighted by molar-refractivity contribution is -0.121. The maximum Gasteiger partial charge on any atom is 0.279 e. The summed E-state index contributed by atoms with van der Waals surface area (Å²) in [6.07, 6.45) is 0.352. The number of thiazole rings is 1. The SMILES string of the molecule is COCCn1c(=NC(=O)c2ccc(N3C(=O)CCC3=O)cc2)sc2cc(S(N)(=O)=O)ccc21. The Kier molecular flexibility index (Phi) is 6.26. The van der Waals surface area contributed by atoms with Gasteiger partial charge in [-0.05, 0) is 42.5 Å². The number of benzene rings is 2. The van der Waals surface area contributed by atoms with Gasteiger partial charge in [-0.2, -0.15) is 4.99 Å². The maximum absolute atomic E-state index is 12.8. The quantitative estimate of drug-likeness (QED) is 0.520. The smallest absolute Gasteiger partial charge is 0.279 e. The molecule has 1 aliphatic rings. The van der Waals surface area contributed by atoms with Gasteiger partial charge in [-0.3, -0.25) is 19.3 Å². The van der Waals surface area contributed by atoms with Crippen LogP contribution in [0.3, 0.4) is 0 Å². The number of carbonyl (C=O) groups is 3. The molecule has 1 fully saturated rings. The highest BCUT2D eigenvalue weighted by Crippen LogP contribution is 2.24. The van der Waals surface area contributed by atoms with Crippen molar-refractivity contribution in [2.75, 3.05) is 18.6 Å². The van der Waals surface area contributed by atoms with Crippen molar-refractivity contribution in [3.63, 3.8) is 0 Å². The van der Waals surface area contributed by atoms with Crippen LogP contribution in [-0.2, 0) is 30.9 Å². The zero-order valence-electron chi connectivity index (χ0n) is 17.6. The molecule has 0 atom stereocenters. The molecule has 4 rings (SSSR count). The van der Waals surface area contributed by atoms with Gasteiger partial charge in [0.05, 0.1) is 27.4 Å². The molecule has 2 heterocycles. The fraction of sp³-hybridized carbons (Fsp3) is 0.238. The van der Waals surface area contributed by atoms with E-state index in [1.54, 1.807) is 17.7 Å². The van der Waals surface area contributed by atoms with Gasteiger partial charge in [0.2, 0.25) is 21.8 Å². The Morgan fingerprint density at radius 3 is 2.39 bits per heavy atom. The number of amides is 3. The minimum Gasteiger partial charge on any atom is -0.383 e. The largest absolute Gasteiger partial charge is 0.383 e. The van der Waals surface area contributed by atoms with E-state index in [9.17, 15) is 22.8 Å². The number of anilines is 1. The Labute approximate surface area is 193 Å². The number of fused-ring (bicyclic) bond motifs is 1. The predicted molar refractivity (Wildman–Crippen MR) is 121 cm³/mol. The van der Waals surface area contributed by atoms with Crippen molar-refractivity contribution in [1.82, 2.24) is 4.57 Å². The second kappa shape index (κ2) is 8.98. The van der Waals surface area contributed by atoms with Crippen LogP contribution < -0.4 is 14.8 Å². The van der Waals surface area contributed by atoms with Gasteiger partial charge in [0, 0.05) is 32.1 Å². The highest BCUT2D eigenvalue weighted by Gasteiger charge is 2.30. The second-order valence-corrected chi connectivity index (χ2v) is 9.86. The Bertz CT molecular complexity index is 1420. The normalized spacial score (nSPS) is 15.1. The molecule has 1 aromatic heterocycles. The minimum absolute atomic E-state index is 0.0328. The molecular formula is C21H20N4O6S2. The molecule has 0 bridgehead atoms. The van der Waals surface area contributed by atoms with Crippen LogP contribution in [0.5, 0.6) is 0 Å². The van der Waals surface area contributed by atoms with Gasteiger partial charge in [-0.15, -0.1) is 0 Å². The molecule has 0 saturated carbocycles. The number of nitrogens with zero attached hydrogens (tertiary/aromatic N) is 3. The van der Waals surface area contributed by atoms with Gasteiger partial charge in [-0.25, -0.2) is 13.6 Å². The number of nitrogens with two attached hydrogens (primary N) is 1. The molecule has 0 unspecified atom stereocenters. The van der Waals surface area contributed by atoms with Crippen LogP contribution >= 0.6 is 11.3 Å². The second-order valence-electron chi connectivity index (χ2n) is 7.29. The molecule has 172 valence electrons. The van der Waals surface area contributed by atoms with Crippen molar-refractivity contribution < 1.29 is 27.5 Å². The summed E-state index contributed by atoms with van der Waals surface area (Å²) in [5.74, 6) is -1.07. The minimum atomic E-state index is -3.88. The summed E-state index contributed by atoms with van der Waals surface area (Å²) < 4.78 is 30.9. The predicted octanol–water partition coefficient (Wildman–Crippen LogP) is 1.39. The van der Waals surface area contributed by atoms with Crippen LogP contribution in [0.15, 0.2) is 52.4 Å². The number of ether oxygens (including phenoxy) is 1. The number of sulfonamides is 1.